The first-order valence-electron chi connectivity index (χ1n) is 6.91. The van der Waals surface area contributed by atoms with Gasteiger partial charge in [-0.25, -0.2) is 0 Å². The minimum absolute atomic E-state index is 0.107. The van der Waals surface area contributed by atoms with Gasteiger partial charge >= 0.3 is 13.1 Å². The van der Waals surface area contributed by atoms with E-state index in [1.165, 1.54) is 6.92 Å². The highest BCUT2D eigenvalue weighted by Gasteiger charge is 2.32. The zero-order valence-electron chi connectivity index (χ0n) is 12.0. The smallest absolute Gasteiger partial charge is 0.451 e. The molecule has 116 valence electrons. The van der Waals surface area contributed by atoms with Crippen molar-refractivity contribution in [1.82, 2.24) is 5.32 Å². The van der Waals surface area contributed by atoms with Gasteiger partial charge in [-0.3, -0.25) is 9.59 Å². The van der Waals surface area contributed by atoms with E-state index >= 15 is 0 Å². The summed E-state index contributed by atoms with van der Waals surface area (Å²) in [6.07, 6.45) is 3.21. The molecule has 6 N–H and O–H groups in total. The number of carbonyl (C=O) groups excluding carboxylic acids is 1. The lowest BCUT2D eigenvalue weighted by Gasteiger charge is -2.24. The van der Waals surface area contributed by atoms with Gasteiger partial charge in [0.1, 0.15) is 5.54 Å². The van der Waals surface area contributed by atoms with Gasteiger partial charge in [-0.2, -0.15) is 0 Å². The Morgan fingerprint density at radius 3 is 2.15 bits per heavy atom. The van der Waals surface area contributed by atoms with Gasteiger partial charge in [-0.05, 0) is 32.0 Å². The fourth-order valence-electron chi connectivity index (χ4n) is 1.94. The number of nitrogens with one attached hydrogen (secondary N) is 1. The second kappa shape index (κ2) is 9.74. The highest BCUT2D eigenvalue weighted by molar-refractivity contribution is 6.40. The van der Waals surface area contributed by atoms with Crippen molar-refractivity contribution in [1.29, 1.82) is 0 Å². The lowest BCUT2D eigenvalue weighted by molar-refractivity contribution is -0.144. The summed E-state index contributed by atoms with van der Waals surface area (Å²) in [4.78, 5) is 21.9. The fourth-order valence-corrected chi connectivity index (χ4v) is 1.94. The Bertz CT molecular complexity index is 314. The number of nitrogens with two attached hydrogens (primary N) is 1. The summed E-state index contributed by atoms with van der Waals surface area (Å²) in [5, 5.41) is 29.3. The van der Waals surface area contributed by atoms with Crippen molar-refractivity contribution in [3.05, 3.63) is 0 Å². The van der Waals surface area contributed by atoms with Crippen LogP contribution >= 0.6 is 0 Å². The molecule has 0 saturated carbocycles. The molecule has 0 heterocycles. The van der Waals surface area contributed by atoms with E-state index in [4.69, 9.17) is 15.8 Å². The molecule has 1 unspecified atom stereocenters. The van der Waals surface area contributed by atoms with Crippen molar-refractivity contribution in [3.63, 3.8) is 0 Å². The molecule has 0 bridgehead atoms. The van der Waals surface area contributed by atoms with Gasteiger partial charge in [0.05, 0.1) is 0 Å². The summed E-state index contributed by atoms with van der Waals surface area (Å²) >= 11 is 0. The van der Waals surface area contributed by atoms with Crippen molar-refractivity contribution < 1.29 is 24.7 Å². The van der Waals surface area contributed by atoms with Crippen LogP contribution in [0.3, 0.4) is 0 Å². The van der Waals surface area contributed by atoms with Crippen molar-refractivity contribution in [2.75, 3.05) is 6.54 Å². The third-order valence-electron chi connectivity index (χ3n) is 3.18. The summed E-state index contributed by atoms with van der Waals surface area (Å²) in [7, 11) is -1.36. The maximum atomic E-state index is 11.2. The molecule has 1 atom stereocenters. The Balaban J connectivity index is 3.99. The number of rotatable bonds is 11. The third-order valence-corrected chi connectivity index (χ3v) is 3.18. The second-order valence-electron chi connectivity index (χ2n) is 5.13. The molecule has 20 heavy (non-hydrogen) atoms. The fraction of sp³-hybridized carbons (Fsp3) is 0.833. The Hall–Kier alpha value is -1.12. The molecule has 0 aliphatic heterocycles. The molecule has 0 spiro atoms. The van der Waals surface area contributed by atoms with E-state index in [0.29, 0.717) is 45.1 Å². The van der Waals surface area contributed by atoms with E-state index < -0.39 is 18.6 Å². The van der Waals surface area contributed by atoms with Crippen LogP contribution in [0.25, 0.3) is 0 Å². The molecule has 0 rings (SSSR count). The highest BCUT2D eigenvalue weighted by Crippen LogP contribution is 2.20. The second-order valence-corrected chi connectivity index (χ2v) is 5.13. The van der Waals surface area contributed by atoms with Crippen LogP contribution in [0.4, 0.5) is 0 Å². The van der Waals surface area contributed by atoms with E-state index in [-0.39, 0.29) is 12.2 Å². The van der Waals surface area contributed by atoms with E-state index in [0.717, 1.165) is 0 Å². The number of aliphatic carboxylic acids is 1. The van der Waals surface area contributed by atoms with Crippen LogP contribution in [-0.4, -0.2) is 46.2 Å². The van der Waals surface area contributed by atoms with E-state index in [1.807, 2.05) is 0 Å². The van der Waals surface area contributed by atoms with Crippen LogP contribution in [0.1, 0.15) is 45.4 Å². The van der Waals surface area contributed by atoms with E-state index in [1.54, 1.807) is 0 Å². The van der Waals surface area contributed by atoms with Crippen molar-refractivity contribution in [3.8, 4) is 0 Å². The van der Waals surface area contributed by atoms with Crippen molar-refractivity contribution >= 4 is 19.0 Å². The lowest BCUT2D eigenvalue weighted by Crippen LogP contribution is -2.48. The zero-order valence-corrected chi connectivity index (χ0v) is 12.0. The van der Waals surface area contributed by atoms with Gasteiger partial charge in [0.25, 0.3) is 0 Å². The zero-order chi connectivity index (χ0) is 15.6. The minimum atomic E-state index is -1.36. The Kier molecular flexibility index (Phi) is 9.19. The number of unbranched alkanes of at least 4 members (excludes halogenated alkanes) is 2. The molecule has 7 nitrogen and oxygen atoms in total. The number of amides is 1. The average molecular weight is 288 g/mol. The molecule has 0 aliphatic carbocycles. The molecular weight excluding hydrogens is 263 g/mol. The van der Waals surface area contributed by atoms with Gasteiger partial charge in [0.15, 0.2) is 0 Å². The Labute approximate surface area is 119 Å². The summed E-state index contributed by atoms with van der Waals surface area (Å²) in [5.41, 5.74) is 4.61. The topological polar surface area (TPSA) is 133 Å². The Morgan fingerprint density at radius 2 is 1.70 bits per heavy atom. The first-order valence-corrected chi connectivity index (χ1v) is 6.91. The van der Waals surface area contributed by atoms with E-state index in [9.17, 15) is 14.7 Å². The maximum Gasteiger partial charge on any atom is 0.451 e. The van der Waals surface area contributed by atoms with Crippen LogP contribution in [-0.2, 0) is 9.59 Å². The highest BCUT2D eigenvalue weighted by atomic mass is 16.4. The van der Waals surface area contributed by atoms with Gasteiger partial charge in [0.2, 0.25) is 5.91 Å². The first-order chi connectivity index (χ1) is 9.28. The number of carboxylic acid groups (broad SMARTS) is 1. The van der Waals surface area contributed by atoms with Gasteiger partial charge < -0.3 is 26.2 Å². The number of hydrogen-bond donors (Lipinski definition) is 5. The number of carboxylic acids is 1. The summed E-state index contributed by atoms with van der Waals surface area (Å²) in [5.74, 6) is -1.15. The molecule has 0 radical (unpaired) electrons. The van der Waals surface area contributed by atoms with Gasteiger partial charge in [0, 0.05) is 13.5 Å². The summed E-state index contributed by atoms with van der Waals surface area (Å²) in [6.45, 7) is 1.95. The molecular formula is C12H25BN2O5. The monoisotopic (exact) mass is 288 g/mol. The Morgan fingerprint density at radius 1 is 1.15 bits per heavy atom. The normalized spacial score (nSPS) is 13.6. The van der Waals surface area contributed by atoms with Crippen molar-refractivity contribution in [2.45, 2.75) is 57.3 Å². The van der Waals surface area contributed by atoms with Crippen LogP contribution in [0.2, 0.25) is 6.32 Å². The summed E-state index contributed by atoms with van der Waals surface area (Å²) < 4.78 is 0. The summed E-state index contributed by atoms with van der Waals surface area (Å²) in [6, 6.07) is 0. The van der Waals surface area contributed by atoms with Crippen LogP contribution in [0, 0.1) is 0 Å². The maximum absolute atomic E-state index is 11.2. The SMILES string of the molecule is CC(=O)NCCCCC(N)(CCCCB(O)O)C(=O)O. The third kappa shape index (κ3) is 8.90. The molecule has 0 aromatic carbocycles. The van der Waals surface area contributed by atoms with Crippen LogP contribution in [0.5, 0.6) is 0 Å². The number of hydrogen-bond acceptors (Lipinski definition) is 5. The van der Waals surface area contributed by atoms with Crippen molar-refractivity contribution in [2.24, 2.45) is 5.73 Å². The quantitative estimate of drug-likeness (QED) is 0.262. The molecule has 1 amide bonds. The minimum Gasteiger partial charge on any atom is -0.480 e. The lowest BCUT2D eigenvalue weighted by atomic mass is 9.81. The first kappa shape index (κ1) is 18.9. The van der Waals surface area contributed by atoms with Crippen LogP contribution < -0.4 is 11.1 Å². The molecule has 0 aromatic heterocycles. The molecule has 0 aliphatic rings. The standard InChI is InChI=1S/C12H25BN2O5/c1-10(16)15-9-5-3-7-12(14,11(17)18)6-2-4-8-13(19)20/h19-20H,2-9,14H2,1H3,(H,15,16)(H,17,18). The van der Waals surface area contributed by atoms with Gasteiger partial charge in [-0.1, -0.05) is 12.8 Å². The van der Waals surface area contributed by atoms with E-state index in [2.05, 4.69) is 5.32 Å². The molecule has 8 heteroatoms. The van der Waals surface area contributed by atoms with Gasteiger partial charge in [-0.15, -0.1) is 0 Å². The predicted octanol–water partition coefficient (Wildman–Crippen LogP) is -0.282. The van der Waals surface area contributed by atoms with Crippen LogP contribution in [0.15, 0.2) is 0 Å². The average Bonchev–Trinajstić information content (AvgIpc) is 2.33. The molecule has 0 aromatic rings. The number of carbonyl (C=O) groups is 2. The largest absolute Gasteiger partial charge is 0.480 e. The molecule has 0 fully saturated rings. The predicted molar refractivity (Wildman–Crippen MR) is 75.9 cm³/mol. The molecule has 0 saturated heterocycles.